The number of carbonyl (C=O) groups is 1. The van der Waals surface area contributed by atoms with Gasteiger partial charge >= 0.3 is 0 Å². The minimum Gasteiger partial charge on any atom is -0.497 e. The maximum absolute atomic E-state index is 12.8. The van der Waals surface area contributed by atoms with Crippen molar-refractivity contribution in [3.63, 3.8) is 0 Å². The maximum atomic E-state index is 12.8. The lowest BCUT2D eigenvalue weighted by atomic mass is 9.87. The van der Waals surface area contributed by atoms with E-state index >= 15 is 0 Å². The lowest BCUT2D eigenvalue weighted by Crippen LogP contribution is -2.53. The molecular formula is C18H26N2O4S. The lowest BCUT2D eigenvalue weighted by molar-refractivity contribution is -0.142. The Morgan fingerprint density at radius 3 is 2.12 bits per heavy atom. The summed E-state index contributed by atoms with van der Waals surface area (Å²) in [5, 5.41) is 0. The van der Waals surface area contributed by atoms with Gasteiger partial charge in [0.15, 0.2) is 0 Å². The molecule has 0 atom stereocenters. The van der Waals surface area contributed by atoms with Crippen LogP contribution in [0.15, 0.2) is 29.2 Å². The Morgan fingerprint density at radius 1 is 1.04 bits per heavy atom. The standard InChI is InChI=1S/C18H26N2O4S/c1-18(9-3-4-10-18)17(21)19-11-13-20(14-12-19)25(22,23)16-7-5-15(24-2)6-8-16/h5-8H,3-4,9-14H2,1-2H3. The molecule has 0 N–H and O–H groups in total. The molecule has 6 nitrogen and oxygen atoms in total. The van der Waals surface area contributed by atoms with E-state index < -0.39 is 10.0 Å². The van der Waals surface area contributed by atoms with Gasteiger partial charge < -0.3 is 9.64 Å². The number of rotatable bonds is 4. The second kappa shape index (κ2) is 6.96. The number of benzene rings is 1. The molecule has 1 aliphatic heterocycles. The minimum absolute atomic E-state index is 0.187. The average Bonchev–Trinajstić information content (AvgIpc) is 3.09. The summed E-state index contributed by atoms with van der Waals surface area (Å²) in [6, 6.07) is 6.41. The van der Waals surface area contributed by atoms with Crippen molar-refractivity contribution < 1.29 is 17.9 Å². The van der Waals surface area contributed by atoms with E-state index in [9.17, 15) is 13.2 Å². The van der Waals surface area contributed by atoms with Crippen LogP contribution in [0.1, 0.15) is 32.6 Å². The molecule has 0 unspecified atom stereocenters. The normalized spacial score (nSPS) is 21.3. The van der Waals surface area contributed by atoms with Crippen molar-refractivity contribution in [2.75, 3.05) is 33.3 Å². The van der Waals surface area contributed by atoms with E-state index in [-0.39, 0.29) is 16.2 Å². The van der Waals surface area contributed by atoms with Crippen molar-refractivity contribution >= 4 is 15.9 Å². The summed E-state index contributed by atoms with van der Waals surface area (Å²) in [5.74, 6) is 0.811. The zero-order valence-corrected chi connectivity index (χ0v) is 15.7. The Bertz CT molecular complexity index is 716. The fourth-order valence-corrected chi connectivity index (χ4v) is 5.20. The molecule has 1 amide bonds. The molecule has 1 aliphatic carbocycles. The van der Waals surface area contributed by atoms with Crippen LogP contribution in [0, 0.1) is 5.41 Å². The predicted octanol–water partition coefficient (Wildman–Crippen LogP) is 2.11. The molecule has 0 radical (unpaired) electrons. The van der Waals surface area contributed by atoms with Crippen LogP contribution < -0.4 is 4.74 Å². The minimum atomic E-state index is -3.53. The van der Waals surface area contributed by atoms with Crippen LogP contribution in [0.3, 0.4) is 0 Å². The zero-order valence-electron chi connectivity index (χ0n) is 14.9. The van der Waals surface area contributed by atoms with Crippen LogP contribution in [0.4, 0.5) is 0 Å². The van der Waals surface area contributed by atoms with E-state index in [4.69, 9.17) is 4.74 Å². The largest absolute Gasteiger partial charge is 0.497 e. The van der Waals surface area contributed by atoms with Crippen molar-refractivity contribution in [1.29, 1.82) is 0 Å². The van der Waals surface area contributed by atoms with E-state index in [0.29, 0.717) is 31.9 Å². The summed E-state index contributed by atoms with van der Waals surface area (Å²) in [5.41, 5.74) is -0.253. The molecule has 138 valence electrons. The van der Waals surface area contributed by atoms with Crippen molar-refractivity contribution in [3.8, 4) is 5.75 Å². The molecule has 1 aromatic rings. The highest BCUT2D eigenvalue weighted by Gasteiger charge is 2.40. The Kier molecular flexibility index (Phi) is 5.06. The highest BCUT2D eigenvalue weighted by atomic mass is 32.2. The third-order valence-electron chi connectivity index (χ3n) is 5.45. The predicted molar refractivity (Wildman–Crippen MR) is 94.9 cm³/mol. The zero-order chi connectivity index (χ0) is 18.1. The molecule has 1 saturated carbocycles. The molecule has 2 aliphatic rings. The number of piperazine rings is 1. The third kappa shape index (κ3) is 3.53. The first-order valence-corrected chi connectivity index (χ1v) is 10.2. The Hall–Kier alpha value is -1.60. The SMILES string of the molecule is COc1ccc(S(=O)(=O)N2CCN(C(=O)C3(C)CCCC3)CC2)cc1. The molecule has 3 rings (SSSR count). The smallest absolute Gasteiger partial charge is 0.243 e. The van der Waals surface area contributed by atoms with Gasteiger partial charge in [-0.2, -0.15) is 4.31 Å². The van der Waals surface area contributed by atoms with Gasteiger partial charge in [0.05, 0.1) is 12.0 Å². The Morgan fingerprint density at radius 2 is 1.60 bits per heavy atom. The van der Waals surface area contributed by atoms with E-state index in [1.54, 1.807) is 31.4 Å². The van der Waals surface area contributed by atoms with Gasteiger partial charge in [-0.05, 0) is 37.1 Å². The summed E-state index contributed by atoms with van der Waals surface area (Å²) in [4.78, 5) is 14.9. The van der Waals surface area contributed by atoms with Crippen molar-refractivity contribution in [2.24, 2.45) is 5.41 Å². The van der Waals surface area contributed by atoms with Gasteiger partial charge in [-0.3, -0.25) is 4.79 Å². The summed E-state index contributed by atoms with van der Waals surface area (Å²) in [6.45, 7) is 3.66. The molecule has 0 aromatic heterocycles. The van der Waals surface area contributed by atoms with E-state index in [1.807, 2.05) is 11.8 Å². The lowest BCUT2D eigenvalue weighted by Gasteiger charge is -2.38. The van der Waals surface area contributed by atoms with Crippen LogP contribution in [0.2, 0.25) is 0 Å². The van der Waals surface area contributed by atoms with Gasteiger partial charge in [-0.1, -0.05) is 19.8 Å². The number of carbonyl (C=O) groups excluding carboxylic acids is 1. The molecule has 1 saturated heterocycles. The first kappa shape index (κ1) is 18.2. The number of hydrogen-bond donors (Lipinski definition) is 0. The van der Waals surface area contributed by atoms with Gasteiger partial charge in [-0.25, -0.2) is 8.42 Å². The van der Waals surface area contributed by atoms with Crippen LogP contribution in [-0.2, 0) is 14.8 Å². The average molecular weight is 366 g/mol. The second-order valence-corrected chi connectivity index (χ2v) is 9.08. The van der Waals surface area contributed by atoms with Gasteiger partial charge in [-0.15, -0.1) is 0 Å². The molecular weight excluding hydrogens is 340 g/mol. The molecule has 25 heavy (non-hydrogen) atoms. The molecule has 1 heterocycles. The number of ether oxygens (including phenoxy) is 1. The van der Waals surface area contributed by atoms with Crippen molar-refractivity contribution in [2.45, 2.75) is 37.5 Å². The number of nitrogens with zero attached hydrogens (tertiary/aromatic N) is 2. The number of amides is 1. The van der Waals surface area contributed by atoms with Gasteiger partial charge in [0.1, 0.15) is 5.75 Å². The topological polar surface area (TPSA) is 66.9 Å². The highest BCUT2D eigenvalue weighted by Crippen LogP contribution is 2.39. The van der Waals surface area contributed by atoms with E-state index in [0.717, 1.165) is 25.7 Å². The van der Waals surface area contributed by atoms with Crippen molar-refractivity contribution in [1.82, 2.24) is 9.21 Å². The second-order valence-electron chi connectivity index (χ2n) is 7.14. The van der Waals surface area contributed by atoms with Crippen LogP contribution in [0.5, 0.6) is 5.75 Å². The summed E-state index contributed by atoms with van der Waals surface area (Å²) < 4.78 is 32.1. The fraction of sp³-hybridized carbons (Fsp3) is 0.611. The van der Waals surface area contributed by atoms with Gasteiger partial charge in [0.25, 0.3) is 0 Å². The molecule has 2 fully saturated rings. The van der Waals surface area contributed by atoms with Crippen LogP contribution >= 0.6 is 0 Å². The molecule has 0 bridgehead atoms. The van der Waals surface area contributed by atoms with E-state index in [2.05, 4.69) is 0 Å². The quantitative estimate of drug-likeness (QED) is 0.819. The highest BCUT2D eigenvalue weighted by molar-refractivity contribution is 7.89. The fourth-order valence-electron chi connectivity index (χ4n) is 3.78. The maximum Gasteiger partial charge on any atom is 0.243 e. The first-order chi connectivity index (χ1) is 11.9. The summed E-state index contributed by atoms with van der Waals surface area (Å²) in [7, 11) is -1.98. The first-order valence-electron chi connectivity index (χ1n) is 8.80. The van der Waals surface area contributed by atoms with Crippen LogP contribution in [-0.4, -0.2) is 56.8 Å². The third-order valence-corrected chi connectivity index (χ3v) is 7.36. The summed E-state index contributed by atoms with van der Waals surface area (Å²) >= 11 is 0. The molecule has 1 aromatic carbocycles. The van der Waals surface area contributed by atoms with Crippen molar-refractivity contribution in [3.05, 3.63) is 24.3 Å². The number of methoxy groups -OCH3 is 1. The molecule has 7 heteroatoms. The monoisotopic (exact) mass is 366 g/mol. The number of hydrogen-bond acceptors (Lipinski definition) is 4. The van der Waals surface area contributed by atoms with Crippen LogP contribution in [0.25, 0.3) is 0 Å². The summed E-state index contributed by atoms with van der Waals surface area (Å²) in [6.07, 6.45) is 4.09. The Balaban J connectivity index is 1.65. The Labute approximate surface area is 149 Å². The van der Waals surface area contributed by atoms with Gasteiger partial charge in [0.2, 0.25) is 15.9 Å². The van der Waals surface area contributed by atoms with Gasteiger partial charge in [0, 0.05) is 31.6 Å². The van der Waals surface area contributed by atoms with E-state index in [1.165, 1.54) is 4.31 Å². The molecule has 0 spiro atoms. The number of sulfonamides is 1.